The summed E-state index contributed by atoms with van der Waals surface area (Å²) >= 11 is 6.88. The molecule has 0 saturated heterocycles. The van der Waals surface area contributed by atoms with Crippen molar-refractivity contribution in [2.75, 3.05) is 0 Å². The Hall–Kier alpha value is -0.340. The van der Waals surface area contributed by atoms with E-state index < -0.39 is 0 Å². The van der Waals surface area contributed by atoms with Gasteiger partial charge in [-0.2, -0.15) is 0 Å². The molecular weight excluding hydrogens is 280 g/mol. The molecule has 1 aromatic carbocycles. The van der Waals surface area contributed by atoms with E-state index in [0.717, 1.165) is 20.1 Å². The average molecular weight is 288 g/mol. The highest BCUT2D eigenvalue weighted by Gasteiger charge is 2.00. The van der Waals surface area contributed by atoms with Crippen LogP contribution in [0.3, 0.4) is 0 Å². The Morgan fingerprint density at radius 1 is 0.917 bits per heavy atom. The van der Waals surface area contributed by atoms with Crippen molar-refractivity contribution in [3.05, 3.63) is 45.4 Å². The van der Waals surface area contributed by atoms with Crippen LogP contribution < -0.4 is 0 Å². The Morgan fingerprint density at radius 2 is 1.25 bits per heavy atom. The first kappa shape index (κ1) is 9.75. The Morgan fingerprint density at radius 3 is 1.50 bits per heavy atom. The minimum atomic E-state index is 1.04. The van der Waals surface area contributed by atoms with Crippen molar-refractivity contribution in [3.8, 4) is 0 Å². The summed E-state index contributed by atoms with van der Waals surface area (Å²) in [5.41, 5.74) is 2.15. The first-order chi connectivity index (χ1) is 5.69. The van der Waals surface area contributed by atoms with Crippen LogP contribution in [-0.2, 0) is 0 Å². The second-order valence-corrected chi connectivity index (χ2v) is 4.01. The summed E-state index contributed by atoms with van der Waals surface area (Å²) in [6, 6.07) is 4.02. The minimum Gasteiger partial charge on any atom is -0.0984 e. The van der Waals surface area contributed by atoms with E-state index >= 15 is 0 Å². The van der Waals surface area contributed by atoms with Gasteiger partial charge >= 0.3 is 0 Å². The van der Waals surface area contributed by atoms with E-state index in [9.17, 15) is 0 Å². The van der Waals surface area contributed by atoms with Crippen LogP contribution in [0.4, 0.5) is 0 Å². The monoisotopic (exact) mass is 286 g/mol. The van der Waals surface area contributed by atoms with E-state index in [1.807, 2.05) is 24.3 Å². The molecule has 1 rings (SSSR count). The van der Waals surface area contributed by atoms with Crippen molar-refractivity contribution in [1.82, 2.24) is 0 Å². The SMILES string of the molecule is C=Cc1cc(Br)c(C=C)cc1Br. The summed E-state index contributed by atoms with van der Waals surface area (Å²) in [6.07, 6.45) is 3.61. The van der Waals surface area contributed by atoms with Gasteiger partial charge in [0.2, 0.25) is 0 Å². The fourth-order valence-electron chi connectivity index (χ4n) is 0.890. The summed E-state index contributed by atoms with van der Waals surface area (Å²) in [5.74, 6) is 0. The topological polar surface area (TPSA) is 0 Å². The van der Waals surface area contributed by atoms with Crippen LogP contribution >= 0.6 is 31.9 Å². The van der Waals surface area contributed by atoms with E-state index in [4.69, 9.17) is 0 Å². The van der Waals surface area contributed by atoms with E-state index in [0.29, 0.717) is 0 Å². The summed E-state index contributed by atoms with van der Waals surface area (Å²) < 4.78 is 2.08. The third-order valence-electron chi connectivity index (χ3n) is 1.56. The standard InChI is InChI=1S/C10H8Br2/c1-3-7-5-10(12)8(4-2)6-9(7)11/h3-6H,1-2H2. The highest BCUT2D eigenvalue weighted by Crippen LogP contribution is 2.27. The molecule has 0 heterocycles. The number of hydrogen-bond acceptors (Lipinski definition) is 0. The summed E-state index contributed by atoms with van der Waals surface area (Å²) in [7, 11) is 0. The highest BCUT2D eigenvalue weighted by molar-refractivity contribution is 9.11. The van der Waals surface area contributed by atoms with Gasteiger partial charge in [0.25, 0.3) is 0 Å². The van der Waals surface area contributed by atoms with Crippen LogP contribution in [0.5, 0.6) is 0 Å². The van der Waals surface area contributed by atoms with Crippen molar-refractivity contribution < 1.29 is 0 Å². The van der Waals surface area contributed by atoms with Gasteiger partial charge in [-0.15, -0.1) is 0 Å². The molecular formula is C10H8Br2. The molecule has 12 heavy (non-hydrogen) atoms. The number of benzene rings is 1. The van der Waals surface area contributed by atoms with Gasteiger partial charge in [0.15, 0.2) is 0 Å². The zero-order chi connectivity index (χ0) is 9.14. The number of rotatable bonds is 2. The van der Waals surface area contributed by atoms with Gasteiger partial charge in [0.1, 0.15) is 0 Å². The van der Waals surface area contributed by atoms with Crippen molar-refractivity contribution in [1.29, 1.82) is 0 Å². The quantitative estimate of drug-likeness (QED) is 0.751. The maximum Gasteiger partial charge on any atom is 0.0254 e. The van der Waals surface area contributed by atoms with Gasteiger partial charge in [-0.3, -0.25) is 0 Å². The zero-order valence-corrected chi connectivity index (χ0v) is 9.65. The zero-order valence-electron chi connectivity index (χ0n) is 6.48. The summed E-state index contributed by atoms with van der Waals surface area (Å²) in [4.78, 5) is 0. The lowest BCUT2D eigenvalue weighted by molar-refractivity contribution is 1.53. The smallest absolute Gasteiger partial charge is 0.0254 e. The Labute approximate surface area is 89.2 Å². The van der Waals surface area contributed by atoms with Crippen LogP contribution in [-0.4, -0.2) is 0 Å². The molecule has 0 atom stereocenters. The number of hydrogen-bond donors (Lipinski definition) is 0. The van der Waals surface area contributed by atoms with E-state index in [-0.39, 0.29) is 0 Å². The van der Waals surface area contributed by atoms with Crippen LogP contribution in [0, 0.1) is 0 Å². The molecule has 0 N–H and O–H groups in total. The van der Waals surface area contributed by atoms with Crippen molar-refractivity contribution in [2.24, 2.45) is 0 Å². The third kappa shape index (κ3) is 1.87. The van der Waals surface area contributed by atoms with Crippen LogP contribution in [0.2, 0.25) is 0 Å². The molecule has 0 amide bonds. The maximum absolute atomic E-state index is 3.71. The van der Waals surface area contributed by atoms with E-state index in [1.54, 1.807) is 0 Å². The van der Waals surface area contributed by atoms with Gasteiger partial charge < -0.3 is 0 Å². The molecule has 0 spiro atoms. The van der Waals surface area contributed by atoms with Gasteiger partial charge in [-0.25, -0.2) is 0 Å². The normalized spacial score (nSPS) is 9.50. The Bertz CT molecular complexity index is 293. The lowest BCUT2D eigenvalue weighted by atomic mass is 10.1. The first-order valence-electron chi connectivity index (χ1n) is 3.43. The molecule has 1 aromatic rings. The largest absolute Gasteiger partial charge is 0.0984 e. The van der Waals surface area contributed by atoms with Gasteiger partial charge in [-0.1, -0.05) is 57.2 Å². The predicted octanol–water partition coefficient (Wildman–Crippen LogP) is 4.50. The summed E-state index contributed by atoms with van der Waals surface area (Å²) in [5, 5.41) is 0. The second kappa shape index (κ2) is 4.06. The third-order valence-corrected chi connectivity index (χ3v) is 2.93. The average Bonchev–Trinajstić information content (AvgIpc) is 2.08. The van der Waals surface area contributed by atoms with E-state index in [1.165, 1.54) is 0 Å². The minimum absolute atomic E-state index is 1.04. The second-order valence-electron chi connectivity index (χ2n) is 2.30. The van der Waals surface area contributed by atoms with Crippen molar-refractivity contribution >= 4 is 44.0 Å². The molecule has 2 heteroatoms. The first-order valence-corrected chi connectivity index (χ1v) is 5.01. The molecule has 0 aromatic heterocycles. The molecule has 0 fully saturated rings. The molecule has 0 aliphatic heterocycles. The lowest BCUT2D eigenvalue weighted by Crippen LogP contribution is -1.80. The number of halogens is 2. The molecule has 0 aliphatic carbocycles. The predicted molar refractivity (Wildman–Crippen MR) is 62.0 cm³/mol. The van der Waals surface area contributed by atoms with Crippen LogP contribution in [0.15, 0.2) is 34.2 Å². The van der Waals surface area contributed by atoms with Gasteiger partial charge in [0.05, 0.1) is 0 Å². The Kier molecular flexibility index (Phi) is 3.29. The molecule has 0 saturated carbocycles. The molecule has 0 radical (unpaired) electrons. The highest BCUT2D eigenvalue weighted by atomic mass is 79.9. The lowest BCUT2D eigenvalue weighted by Gasteiger charge is -2.03. The van der Waals surface area contributed by atoms with Crippen molar-refractivity contribution in [3.63, 3.8) is 0 Å². The van der Waals surface area contributed by atoms with Crippen LogP contribution in [0.1, 0.15) is 11.1 Å². The Balaban J connectivity index is 3.34. The molecule has 0 aliphatic rings. The maximum atomic E-state index is 3.71. The van der Waals surface area contributed by atoms with E-state index in [2.05, 4.69) is 45.0 Å². The van der Waals surface area contributed by atoms with Gasteiger partial charge in [0, 0.05) is 8.95 Å². The molecule has 0 bridgehead atoms. The molecule has 0 nitrogen and oxygen atoms in total. The fraction of sp³-hybridized carbons (Fsp3) is 0. The molecule has 62 valence electrons. The summed E-state index contributed by atoms with van der Waals surface area (Å²) in [6.45, 7) is 7.42. The van der Waals surface area contributed by atoms with Gasteiger partial charge in [-0.05, 0) is 23.3 Å². The fourth-order valence-corrected chi connectivity index (χ4v) is 1.94. The molecule has 0 unspecified atom stereocenters. The van der Waals surface area contributed by atoms with Crippen molar-refractivity contribution in [2.45, 2.75) is 0 Å². The van der Waals surface area contributed by atoms with Crippen LogP contribution in [0.25, 0.3) is 12.2 Å².